The van der Waals surface area contributed by atoms with Crippen molar-refractivity contribution in [3.63, 3.8) is 0 Å². The van der Waals surface area contributed by atoms with E-state index in [1.165, 1.54) is 4.68 Å². The van der Waals surface area contributed by atoms with E-state index in [0.717, 1.165) is 10.3 Å². The Hall–Kier alpha value is -3.57. The van der Waals surface area contributed by atoms with Crippen LogP contribution in [-0.2, 0) is 29.2 Å². The van der Waals surface area contributed by atoms with Gasteiger partial charge in [0.05, 0.1) is 25.3 Å². The van der Waals surface area contributed by atoms with Gasteiger partial charge in [-0.2, -0.15) is 0 Å². The summed E-state index contributed by atoms with van der Waals surface area (Å²) in [5.74, 6) is 0.834. The number of hydrogen-bond donors (Lipinski definition) is 1. The predicted molar refractivity (Wildman–Crippen MR) is 132 cm³/mol. The van der Waals surface area contributed by atoms with Crippen molar-refractivity contribution in [3.8, 4) is 5.75 Å². The summed E-state index contributed by atoms with van der Waals surface area (Å²) in [4.78, 5) is 31.4. The number of hydrogen-bond acceptors (Lipinski definition) is 9. The van der Waals surface area contributed by atoms with E-state index in [1.54, 1.807) is 25.4 Å². The molecule has 4 rings (SSSR count). The normalized spacial score (nSPS) is 12.2. The number of nitrogens with zero attached hydrogens (tertiary/aromatic N) is 5. The van der Waals surface area contributed by atoms with Gasteiger partial charge in [0.25, 0.3) is 5.56 Å². The fourth-order valence-electron chi connectivity index (χ4n) is 4.06. The van der Waals surface area contributed by atoms with Crippen LogP contribution in [0.2, 0.25) is 0 Å². The van der Waals surface area contributed by atoms with Crippen LogP contribution in [0.4, 0.5) is 0 Å². The Bertz CT molecular complexity index is 1330. The van der Waals surface area contributed by atoms with Gasteiger partial charge in [-0.25, -0.2) is 4.68 Å². The monoisotopic (exact) mass is 496 g/mol. The second kappa shape index (κ2) is 11.2. The van der Waals surface area contributed by atoms with Crippen LogP contribution in [0.1, 0.15) is 42.6 Å². The Morgan fingerprint density at radius 1 is 1.23 bits per heavy atom. The van der Waals surface area contributed by atoms with Gasteiger partial charge in [0.1, 0.15) is 12.3 Å². The molecule has 0 amide bonds. The maximum Gasteiger partial charge on any atom is 0.327 e. The molecule has 1 atom stereocenters. The molecule has 0 spiro atoms. The topological polar surface area (TPSA) is 115 Å². The molecular weight excluding hydrogens is 468 g/mol. The first-order valence-electron chi connectivity index (χ1n) is 11.4. The number of aromatic nitrogens is 5. The summed E-state index contributed by atoms with van der Waals surface area (Å²) >= 11 is 1.65. The highest BCUT2D eigenvalue weighted by molar-refractivity contribution is 7.09. The Morgan fingerprint density at radius 2 is 2.09 bits per heavy atom. The number of carbonyl (C=O) groups is 1. The van der Waals surface area contributed by atoms with Crippen LogP contribution in [-0.4, -0.2) is 49.8 Å². The molecule has 3 heterocycles. The van der Waals surface area contributed by atoms with Crippen molar-refractivity contribution in [2.75, 3.05) is 13.7 Å². The zero-order valence-corrected chi connectivity index (χ0v) is 20.7. The Kier molecular flexibility index (Phi) is 7.88. The largest absolute Gasteiger partial charge is 0.497 e. The summed E-state index contributed by atoms with van der Waals surface area (Å²) in [6, 6.07) is 11.3. The maximum atomic E-state index is 13.0. The van der Waals surface area contributed by atoms with Gasteiger partial charge in [0.15, 0.2) is 5.82 Å². The van der Waals surface area contributed by atoms with Crippen LogP contribution in [0.15, 0.2) is 46.6 Å². The zero-order chi connectivity index (χ0) is 24.8. The summed E-state index contributed by atoms with van der Waals surface area (Å²) in [5, 5.41) is 15.0. The molecule has 3 aromatic heterocycles. The van der Waals surface area contributed by atoms with E-state index < -0.39 is 5.97 Å². The first-order chi connectivity index (χ1) is 17.0. The molecule has 184 valence electrons. The van der Waals surface area contributed by atoms with Crippen molar-refractivity contribution in [1.82, 2.24) is 30.1 Å². The number of ether oxygens (including phenoxy) is 2. The highest BCUT2D eigenvalue weighted by Gasteiger charge is 2.27. The fourth-order valence-corrected chi connectivity index (χ4v) is 4.79. The van der Waals surface area contributed by atoms with Gasteiger partial charge in [-0.3, -0.25) is 14.5 Å². The van der Waals surface area contributed by atoms with Crippen molar-refractivity contribution >= 4 is 28.2 Å². The van der Waals surface area contributed by atoms with Crippen LogP contribution in [0.3, 0.4) is 0 Å². The first-order valence-corrected chi connectivity index (χ1v) is 12.3. The van der Waals surface area contributed by atoms with Crippen molar-refractivity contribution in [2.45, 2.75) is 45.9 Å². The summed E-state index contributed by atoms with van der Waals surface area (Å²) < 4.78 is 11.8. The van der Waals surface area contributed by atoms with Crippen LogP contribution >= 0.6 is 11.3 Å². The molecular formula is C24H28N6O4S. The first kappa shape index (κ1) is 24.6. The zero-order valence-electron chi connectivity index (χ0n) is 19.9. The number of pyridine rings is 1. The summed E-state index contributed by atoms with van der Waals surface area (Å²) in [5.41, 5.74) is 1.18. The van der Waals surface area contributed by atoms with Gasteiger partial charge in [0.2, 0.25) is 0 Å². The fraction of sp³-hybridized carbons (Fsp3) is 0.375. The van der Waals surface area contributed by atoms with E-state index in [-0.39, 0.29) is 24.8 Å². The molecule has 0 aliphatic rings. The molecule has 0 saturated carbocycles. The van der Waals surface area contributed by atoms with E-state index in [1.807, 2.05) is 42.6 Å². The number of thiophene rings is 1. The van der Waals surface area contributed by atoms with Crippen molar-refractivity contribution in [2.24, 2.45) is 0 Å². The number of tetrazole rings is 1. The molecule has 0 bridgehead atoms. The van der Waals surface area contributed by atoms with Crippen molar-refractivity contribution in [1.29, 1.82) is 0 Å². The molecule has 1 aromatic carbocycles. The van der Waals surface area contributed by atoms with Crippen LogP contribution in [0.25, 0.3) is 10.9 Å². The number of H-pyrrole nitrogens is 1. The highest BCUT2D eigenvalue weighted by Crippen LogP contribution is 2.28. The Morgan fingerprint density at radius 3 is 2.80 bits per heavy atom. The molecule has 0 aliphatic carbocycles. The number of aromatic amines is 1. The van der Waals surface area contributed by atoms with Gasteiger partial charge in [0, 0.05) is 29.6 Å². The van der Waals surface area contributed by atoms with Crippen LogP contribution < -0.4 is 10.3 Å². The van der Waals surface area contributed by atoms with E-state index in [2.05, 4.69) is 31.5 Å². The van der Waals surface area contributed by atoms with E-state index in [0.29, 0.717) is 42.2 Å². The molecule has 0 aliphatic heterocycles. The smallest absolute Gasteiger partial charge is 0.327 e. The lowest BCUT2D eigenvalue weighted by Gasteiger charge is -2.29. The van der Waals surface area contributed by atoms with Gasteiger partial charge in [-0.05, 0) is 58.8 Å². The van der Waals surface area contributed by atoms with Crippen molar-refractivity contribution < 1.29 is 14.3 Å². The molecule has 1 N–H and O–H groups in total. The predicted octanol–water partition coefficient (Wildman–Crippen LogP) is 3.30. The highest BCUT2D eigenvalue weighted by atomic mass is 32.1. The lowest BCUT2D eigenvalue weighted by atomic mass is 10.1. The molecule has 4 aromatic rings. The number of benzene rings is 1. The maximum absolute atomic E-state index is 13.0. The molecule has 0 unspecified atom stereocenters. The second-order valence-electron chi connectivity index (χ2n) is 7.99. The van der Waals surface area contributed by atoms with Crippen LogP contribution in [0.5, 0.6) is 5.75 Å². The van der Waals surface area contributed by atoms with E-state index >= 15 is 0 Å². The van der Waals surface area contributed by atoms with E-state index in [4.69, 9.17) is 9.47 Å². The number of nitrogens with one attached hydrogen (secondary N) is 1. The molecule has 10 nitrogen and oxygen atoms in total. The molecule has 0 radical (unpaired) electrons. The molecule has 0 fully saturated rings. The molecule has 11 heteroatoms. The Balaban J connectivity index is 1.68. The van der Waals surface area contributed by atoms with Gasteiger partial charge >= 0.3 is 5.97 Å². The van der Waals surface area contributed by atoms with Gasteiger partial charge in [-0.1, -0.05) is 13.0 Å². The van der Waals surface area contributed by atoms with Crippen LogP contribution in [0, 0.1) is 0 Å². The summed E-state index contributed by atoms with van der Waals surface area (Å²) in [6.45, 7) is 4.98. The minimum Gasteiger partial charge on any atom is -0.497 e. The van der Waals surface area contributed by atoms with Gasteiger partial charge < -0.3 is 14.5 Å². The number of methoxy groups -OCH3 is 1. The van der Waals surface area contributed by atoms with E-state index in [9.17, 15) is 9.59 Å². The third kappa shape index (κ3) is 5.75. The standard InChI is InChI=1S/C24H28N6O4S/c1-4-21(23-26-27-28-30(23)15-22(31)34-5-2)29(14-19-7-6-10-35-19)13-17-11-16-8-9-18(33-3)12-20(16)25-24(17)32/h6-12,21H,4-5,13-15H2,1-3H3,(H,25,32)/t21-/m1/s1. The SMILES string of the molecule is CCOC(=O)Cn1nnnc1[C@@H](CC)N(Cc1cccs1)Cc1cc2ccc(OC)cc2[nH]c1=O. The summed E-state index contributed by atoms with van der Waals surface area (Å²) in [6.07, 6.45) is 0.678. The molecule has 0 saturated heterocycles. The lowest BCUT2D eigenvalue weighted by molar-refractivity contribution is -0.144. The average molecular weight is 497 g/mol. The summed E-state index contributed by atoms with van der Waals surface area (Å²) in [7, 11) is 1.59. The van der Waals surface area contributed by atoms with Gasteiger partial charge in [-0.15, -0.1) is 16.4 Å². The number of carbonyl (C=O) groups excluding carboxylic acids is 1. The minimum atomic E-state index is -0.401. The number of fused-ring (bicyclic) bond motifs is 1. The molecule has 35 heavy (non-hydrogen) atoms. The Labute approximate surface area is 206 Å². The minimum absolute atomic E-state index is 0.0715. The number of rotatable bonds is 11. The lowest BCUT2D eigenvalue weighted by Crippen LogP contribution is -2.32. The third-order valence-electron chi connectivity index (χ3n) is 5.71. The number of esters is 1. The second-order valence-corrected chi connectivity index (χ2v) is 9.02. The quantitative estimate of drug-likeness (QED) is 0.315. The van der Waals surface area contributed by atoms with Crippen molar-refractivity contribution in [3.05, 3.63) is 68.4 Å². The average Bonchev–Trinajstić information content (AvgIpc) is 3.52. The third-order valence-corrected chi connectivity index (χ3v) is 6.57.